The van der Waals surface area contributed by atoms with Crippen LogP contribution in [0.5, 0.6) is 11.5 Å². The molecule has 4 aromatic rings. The zero-order chi connectivity index (χ0) is 24.1. The lowest BCUT2D eigenvalue weighted by Gasteiger charge is -2.11. The Morgan fingerprint density at radius 3 is 2.62 bits per heavy atom. The zero-order valence-corrected chi connectivity index (χ0v) is 20.0. The van der Waals surface area contributed by atoms with Crippen LogP contribution in [0.15, 0.2) is 71.9 Å². The van der Waals surface area contributed by atoms with Gasteiger partial charge in [0.15, 0.2) is 9.84 Å². The second-order valence-corrected chi connectivity index (χ2v) is 10.2. The van der Waals surface area contributed by atoms with Crippen LogP contribution in [0.4, 0.5) is 4.39 Å². The Bertz CT molecular complexity index is 1430. The molecule has 1 heterocycles. The first-order valence-corrected chi connectivity index (χ1v) is 12.8. The van der Waals surface area contributed by atoms with E-state index in [4.69, 9.17) is 16.3 Å². The number of sulfone groups is 1. The van der Waals surface area contributed by atoms with Crippen molar-refractivity contribution >= 4 is 32.3 Å². The Balaban J connectivity index is 1.62. The molecule has 176 valence electrons. The molecular weight excluding hydrogens is 477 g/mol. The second-order valence-electron chi connectivity index (χ2n) is 7.71. The number of hydrogen-bond donors (Lipinski definition) is 1. The normalized spacial score (nSPS) is 11.6. The zero-order valence-electron chi connectivity index (χ0n) is 18.5. The lowest BCUT2D eigenvalue weighted by molar-refractivity contribution is 0.479. The van der Waals surface area contributed by atoms with Crippen molar-refractivity contribution in [1.82, 2.24) is 15.3 Å². The number of nitrogens with zero attached hydrogens (tertiary/aromatic N) is 2. The van der Waals surface area contributed by atoms with Gasteiger partial charge < -0.3 is 10.1 Å². The third kappa shape index (κ3) is 5.35. The molecule has 4 rings (SSSR count). The number of aromatic nitrogens is 2. The molecule has 0 amide bonds. The molecule has 0 aliphatic heterocycles. The van der Waals surface area contributed by atoms with Crippen LogP contribution in [0.1, 0.15) is 12.8 Å². The van der Waals surface area contributed by atoms with Gasteiger partial charge in [-0.25, -0.2) is 22.8 Å². The van der Waals surface area contributed by atoms with Crippen LogP contribution in [-0.4, -0.2) is 37.7 Å². The van der Waals surface area contributed by atoms with Gasteiger partial charge in [-0.1, -0.05) is 29.8 Å². The number of benzene rings is 3. The molecule has 6 nitrogen and oxygen atoms in total. The van der Waals surface area contributed by atoms with Gasteiger partial charge in [-0.3, -0.25) is 0 Å². The highest BCUT2D eigenvalue weighted by molar-refractivity contribution is 7.91. The summed E-state index contributed by atoms with van der Waals surface area (Å²) in [5.41, 5.74) is 1.13. The standard InChI is InChI=1S/C25H23ClFN3O3S/c1-28-12-2-3-13-34(31,32)19-7-4-6-17(14-19)33-18-10-11-23(27)21(15-18)24-20-8-5-9-22(26)25(20)30-16-29-24/h4-11,14-16,28H,2-3,12-13H2,1H3. The highest BCUT2D eigenvalue weighted by Gasteiger charge is 2.17. The Morgan fingerprint density at radius 2 is 1.79 bits per heavy atom. The maximum absolute atomic E-state index is 14.8. The third-order valence-electron chi connectivity index (χ3n) is 5.30. The topological polar surface area (TPSA) is 81.2 Å². The van der Waals surface area contributed by atoms with E-state index in [0.29, 0.717) is 39.5 Å². The fourth-order valence-corrected chi connectivity index (χ4v) is 5.22. The summed E-state index contributed by atoms with van der Waals surface area (Å²) in [4.78, 5) is 8.65. The maximum Gasteiger partial charge on any atom is 0.178 e. The summed E-state index contributed by atoms with van der Waals surface area (Å²) >= 11 is 6.23. The average Bonchev–Trinajstić information content (AvgIpc) is 2.83. The monoisotopic (exact) mass is 499 g/mol. The molecular formula is C25H23ClFN3O3S. The number of ether oxygens (including phenoxy) is 1. The summed E-state index contributed by atoms with van der Waals surface area (Å²) in [5.74, 6) is 0.255. The van der Waals surface area contributed by atoms with Crippen molar-refractivity contribution in [3.05, 3.63) is 77.8 Å². The number of nitrogens with one attached hydrogen (secondary N) is 1. The van der Waals surface area contributed by atoms with Crippen LogP contribution >= 0.6 is 11.6 Å². The van der Waals surface area contributed by atoms with Crippen LogP contribution in [-0.2, 0) is 9.84 Å². The van der Waals surface area contributed by atoms with Crippen molar-refractivity contribution in [2.45, 2.75) is 17.7 Å². The lowest BCUT2D eigenvalue weighted by atomic mass is 10.1. The van der Waals surface area contributed by atoms with Gasteiger partial charge in [0.2, 0.25) is 0 Å². The van der Waals surface area contributed by atoms with E-state index in [1.54, 1.807) is 36.4 Å². The Hall–Kier alpha value is -3.07. The van der Waals surface area contributed by atoms with E-state index in [1.807, 2.05) is 7.05 Å². The van der Waals surface area contributed by atoms with Crippen molar-refractivity contribution < 1.29 is 17.5 Å². The predicted molar refractivity (Wildman–Crippen MR) is 132 cm³/mol. The van der Waals surface area contributed by atoms with Crippen molar-refractivity contribution in [3.63, 3.8) is 0 Å². The van der Waals surface area contributed by atoms with E-state index < -0.39 is 15.7 Å². The fraction of sp³-hybridized carbons (Fsp3) is 0.200. The number of hydrogen-bond acceptors (Lipinski definition) is 6. The largest absolute Gasteiger partial charge is 0.457 e. The molecule has 0 fully saturated rings. The van der Waals surface area contributed by atoms with E-state index in [-0.39, 0.29) is 16.2 Å². The van der Waals surface area contributed by atoms with Crippen LogP contribution in [0.2, 0.25) is 5.02 Å². The van der Waals surface area contributed by atoms with Crippen LogP contribution < -0.4 is 10.1 Å². The summed E-state index contributed by atoms with van der Waals surface area (Å²) < 4.78 is 46.1. The summed E-state index contributed by atoms with van der Waals surface area (Å²) in [6, 6.07) is 15.8. The molecule has 0 aliphatic carbocycles. The highest BCUT2D eigenvalue weighted by Crippen LogP contribution is 2.34. The first-order chi connectivity index (χ1) is 16.4. The summed E-state index contributed by atoms with van der Waals surface area (Å²) in [7, 11) is -1.61. The first-order valence-electron chi connectivity index (χ1n) is 10.7. The lowest BCUT2D eigenvalue weighted by Crippen LogP contribution is -2.11. The minimum absolute atomic E-state index is 0.0577. The summed E-state index contributed by atoms with van der Waals surface area (Å²) in [6.07, 6.45) is 2.67. The average molecular weight is 500 g/mol. The second kappa shape index (κ2) is 10.5. The number of unbranched alkanes of at least 4 members (excludes halogenated alkanes) is 1. The molecule has 0 saturated carbocycles. The number of fused-ring (bicyclic) bond motifs is 1. The van der Waals surface area contributed by atoms with Crippen molar-refractivity contribution in [1.29, 1.82) is 0 Å². The van der Waals surface area contributed by atoms with Crippen molar-refractivity contribution in [3.8, 4) is 22.8 Å². The quantitative estimate of drug-likeness (QED) is 0.299. The minimum atomic E-state index is -3.44. The van der Waals surface area contributed by atoms with Gasteiger partial charge in [0.05, 0.1) is 26.9 Å². The Kier molecular flexibility index (Phi) is 7.41. The molecule has 0 unspecified atom stereocenters. The molecule has 9 heteroatoms. The summed E-state index contributed by atoms with van der Waals surface area (Å²) in [5, 5.41) is 4.06. The van der Waals surface area contributed by atoms with Crippen molar-refractivity contribution in [2.24, 2.45) is 0 Å². The Labute approximate surface area is 202 Å². The fourth-order valence-electron chi connectivity index (χ4n) is 3.59. The van der Waals surface area contributed by atoms with Crippen LogP contribution in [0, 0.1) is 5.82 Å². The minimum Gasteiger partial charge on any atom is -0.457 e. The van der Waals surface area contributed by atoms with Crippen LogP contribution in [0.25, 0.3) is 22.2 Å². The van der Waals surface area contributed by atoms with Gasteiger partial charge in [-0.05, 0) is 68.9 Å². The molecule has 1 N–H and O–H groups in total. The Morgan fingerprint density at radius 1 is 1.00 bits per heavy atom. The molecule has 0 saturated heterocycles. The highest BCUT2D eigenvalue weighted by atomic mass is 35.5. The number of para-hydroxylation sites is 1. The molecule has 3 aromatic carbocycles. The third-order valence-corrected chi connectivity index (χ3v) is 7.40. The first kappa shape index (κ1) is 24.1. The molecule has 0 bridgehead atoms. The van der Waals surface area contributed by atoms with Gasteiger partial charge in [-0.15, -0.1) is 0 Å². The molecule has 0 aliphatic rings. The van der Waals surface area contributed by atoms with E-state index in [0.717, 1.165) is 13.0 Å². The molecule has 34 heavy (non-hydrogen) atoms. The molecule has 0 radical (unpaired) electrons. The van der Waals surface area contributed by atoms with Crippen LogP contribution in [0.3, 0.4) is 0 Å². The smallest absolute Gasteiger partial charge is 0.178 e. The predicted octanol–water partition coefficient (Wildman–Crippen LogP) is 5.65. The SMILES string of the molecule is CNCCCCS(=O)(=O)c1cccc(Oc2ccc(F)c(-c3ncnc4c(Cl)cccc34)c2)c1. The van der Waals surface area contributed by atoms with Gasteiger partial charge in [0.1, 0.15) is 23.6 Å². The molecule has 0 atom stereocenters. The maximum atomic E-state index is 14.8. The van der Waals surface area contributed by atoms with E-state index >= 15 is 0 Å². The van der Waals surface area contributed by atoms with E-state index in [2.05, 4.69) is 15.3 Å². The van der Waals surface area contributed by atoms with Gasteiger partial charge in [-0.2, -0.15) is 0 Å². The van der Waals surface area contributed by atoms with E-state index in [9.17, 15) is 12.8 Å². The molecule has 1 aromatic heterocycles. The molecule has 0 spiro atoms. The number of halogens is 2. The van der Waals surface area contributed by atoms with Crippen molar-refractivity contribution in [2.75, 3.05) is 19.3 Å². The summed E-state index contributed by atoms with van der Waals surface area (Å²) in [6.45, 7) is 0.763. The van der Waals surface area contributed by atoms with Gasteiger partial charge in [0, 0.05) is 10.9 Å². The van der Waals surface area contributed by atoms with Gasteiger partial charge >= 0.3 is 0 Å². The number of rotatable bonds is 9. The van der Waals surface area contributed by atoms with E-state index in [1.165, 1.54) is 30.6 Å². The van der Waals surface area contributed by atoms with Gasteiger partial charge in [0.25, 0.3) is 0 Å².